The maximum Gasteiger partial charge on any atom is 0.245 e. The molecule has 1 amide bonds. The van der Waals surface area contributed by atoms with E-state index in [0.717, 1.165) is 63.1 Å². The number of rotatable bonds is 5. The summed E-state index contributed by atoms with van der Waals surface area (Å²) >= 11 is 7.00. The minimum absolute atomic E-state index is 0.0246. The number of carbonyl (C=O) groups excluding carboxylic acids is 1. The summed E-state index contributed by atoms with van der Waals surface area (Å²) in [6.45, 7) is 9.07. The number of likely N-dealkylation sites (tertiary alicyclic amines) is 1. The van der Waals surface area contributed by atoms with Gasteiger partial charge < -0.3 is 4.90 Å². The molecule has 1 aliphatic rings. The molecule has 0 aliphatic carbocycles. The molecule has 3 aromatic heterocycles. The first-order valence-electron chi connectivity index (χ1n) is 12.5. The van der Waals surface area contributed by atoms with Gasteiger partial charge in [0.05, 0.1) is 28.5 Å². The van der Waals surface area contributed by atoms with E-state index in [1.807, 2.05) is 48.4 Å². The van der Waals surface area contributed by atoms with Crippen molar-refractivity contribution in [2.24, 2.45) is 0 Å². The number of aromatic amines is 1. The van der Waals surface area contributed by atoms with Crippen LogP contribution in [0.5, 0.6) is 0 Å². The van der Waals surface area contributed by atoms with Gasteiger partial charge in [-0.1, -0.05) is 30.3 Å². The highest BCUT2D eigenvalue weighted by atomic mass is 35.5. The third-order valence-electron chi connectivity index (χ3n) is 7.39. The molecule has 1 fully saturated rings. The van der Waals surface area contributed by atoms with E-state index in [-0.39, 0.29) is 11.9 Å². The van der Waals surface area contributed by atoms with E-state index in [1.165, 1.54) is 12.4 Å². The Hall–Kier alpha value is -4.24. The molecule has 6 rings (SSSR count). The first kappa shape index (κ1) is 24.1. The zero-order valence-corrected chi connectivity index (χ0v) is 22.0. The zero-order valence-electron chi connectivity index (χ0n) is 21.2. The third-order valence-corrected chi connectivity index (χ3v) is 7.87. The molecule has 0 atom stereocenters. The van der Waals surface area contributed by atoms with Gasteiger partial charge in [-0.15, -0.1) is 0 Å². The van der Waals surface area contributed by atoms with Crippen molar-refractivity contribution in [2.45, 2.75) is 32.7 Å². The molecule has 38 heavy (non-hydrogen) atoms. The Labute approximate surface area is 224 Å². The highest BCUT2D eigenvalue weighted by Gasteiger charge is 2.29. The fourth-order valence-electron chi connectivity index (χ4n) is 5.39. The number of amides is 1. The Morgan fingerprint density at radius 1 is 1.16 bits per heavy atom. The number of benzene rings is 2. The lowest BCUT2D eigenvalue weighted by molar-refractivity contribution is -0.127. The first-order chi connectivity index (χ1) is 18.5. The monoisotopic (exact) mass is 526 g/mol. The summed E-state index contributed by atoms with van der Waals surface area (Å²) < 4.78 is 3.84. The van der Waals surface area contributed by atoms with Crippen molar-refractivity contribution in [3.63, 3.8) is 0 Å². The topological polar surface area (TPSA) is 97.5 Å². The first-order valence-corrected chi connectivity index (χ1v) is 12.9. The molecule has 5 aromatic rings. The van der Waals surface area contributed by atoms with Crippen LogP contribution in [0.1, 0.15) is 30.1 Å². The van der Waals surface area contributed by atoms with E-state index in [4.69, 9.17) is 16.7 Å². The molecule has 10 heteroatoms. The van der Waals surface area contributed by atoms with Gasteiger partial charge in [0.1, 0.15) is 18.3 Å². The number of fused-ring (bicyclic) bond motifs is 1. The molecule has 0 radical (unpaired) electrons. The Balaban J connectivity index is 1.50. The van der Waals surface area contributed by atoms with Crippen LogP contribution in [0.4, 0.5) is 0 Å². The van der Waals surface area contributed by atoms with Crippen molar-refractivity contribution in [1.29, 1.82) is 0 Å². The highest BCUT2D eigenvalue weighted by molar-refractivity contribution is 6.36. The van der Waals surface area contributed by atoms with Gasteiger partial charge in [0.2, 0.25) is 5.91 Å². The maximum absolute atomic E-state index is 12.1. The smallest absolute Gasteiger partial charge is 0.245 e. The van der Waals surface area contributed by atoms with Gasteiger partial charge in [0.25, 0.3) is 0 Å². The molecule has 1 N–H and O–H groups in total. The number of hydrogen-bond acceptors (Lipinski definition) is 5. The summed E-state index contributed by atoms with van der Waals surface area (Å²) in [5.41, 5.74) is 7.58. The van der Waals surface area contributed by atoms with E-state index in [9.17, 15) is 4.79 Å². The Kier molecular flexibility index (Phi) is 6.07. The molecule has 0 unspecified atom stereocenters. The number of carbonyl (C=O) groups is 1. The van der Waals surface area contributed by atoms with Crippen molar-refractivity contribution in [3.8, 4) is 28.1 Å². The van der Waals surface area contributed by atoms with Gasteiger partial charge in [0, 0.05) is 40.9 Å². The second kappa shape index (κ2) is 9.57. The lowest BCUT2D eigenvalue weighted by Crippen LogP contribution is -2.38. The molecular weight excluding hydrogens is 500 g/mol. The second-order valence-corrected chi connectivity index (χ2v) is 9.99. The number of aryl methyl sites for hydroxylation is 1. The Morgan fingerprint density at radius 3 is 2.61 bits per heavy atom. The number of hydrogen-bond donors (Lipinski definition) is 1. The third kappa shape index (κ3) is 3.99. The van der Waals surface area contributed by atoms with Gasteiger partial charge >= 0.3 is 0 Å². The van der Waals surface area contributed by atoms with Crippen LogP contribution in [0.3, 0.4) is 0 Å². The van der Waals surface area contributed by atoms with Gasteiger partial charge in [0.15, 0.2) is 0 Å². The van der Waals surface area contributed by atoms with Crippen LogP contribution in [0.15, 0.2) is 61.8 Å². The van der Waals surface area contributed by atoms with Crippen molar-refractivity contribution in [2.75, 3.05) is 13.1 Å². The fraction of sp³-hybridized carbons (Fsp3) is 0.250. The Morgan fingerprint density at radius 2 is 1.92 bits per heavy atom. The van der Waals surface area contributed by atoms with Crippen molar-refractivity contribution >= 4 is 28.4 Å². The summed E-state index contributed by atoms with van der Waals surface area (Å²) in [5.74, 6) is -0.0246. The summed E-state index contributed by atoms with van der Waals surface area (Å²) in [6, 6.07) is 10.3. The number of halogens is 1. The number of nitrogens with zero attached hydrogens (tertiary/aromatic N) is 7. The van der Waals surface area contributed by atoms with Gasteiger partial charge in [-0.05, 0) is 56.5 Å². The van der Waals surface area contributed by atoms with Crippen LogP contribution < -0.4 is 0 Å². The molecule has 1 saturated heterocycles. The molecule has 1 aliphatic heterocycles. The number of piperidine rings is 1. The molecule has 0 spiro atoms. The predicted octanol–water partition coefficient (Wildman–Crippen LogP) is 5.29. The largest absolute Gasteiger partial charge is 0.339 e. The average Bonchev–Trinajstić information content (AvgIpc) is 3.70. The quantitative estimate of drug-likeness (QED) is 0.314. The molecule has 9 nitrogen and oxygen atoms in total. The fourth-order valence-corrected chi connectivity index (χ4v) is 5.64. The van der Waals surface area contributed by atoms with Crippen molar-refractivity contribution < 1.29 is 4.79 Å². The second-order valence-electron chi connectivity index (χ2n) is 9.61. The van der Waals surface area contributed by atoms with E-state index in [1.54, 1.807) is 11.0 Å². The highest BCUT2D eigenvalue weighted by Crippen LogP contribution is 2.44. The lowest BCUT2D eigenvalue weighted by Gasteiger charge is -2.32. The summed E-state index contributed by atoms with van der Waals surface area (Å²) in [5, 5.41) is 18.5. The van der Waals surface area contributed by atoms with Crippen molar-refractivity contribution in [1.82, 2.24) is 39.6 Å². The van der Waals surface area contributed by atoms with Crippen LogP contribution in [-0.4, -0.2) is 58.6 Å². The minimum atomic E-state index is -0.0246. The maximum atomic E-state index is 12.1. The van der Waals surface area contributed by atoms with Crippen molar-refractivity contribution in [3.05, 3.63) is 78.1 Å². The van der Waals surface area contributed by atoms with Gasteiger partial charge in [-0.3, -0.25) is 14.6 Å². The minimum Gasteiger partial charge on any atom is -0.339 e. The zero-order chi connectivity index (χ0) is 26.4. The summed E-state index contributed by atoms with van der Waals surface area (Å²) in [4.78, 5) is 18.0. The Bertz CT molecular complexity index is 1640. The lowest BCUT2D eigenvalue weighted by atomic mass is 9.94. The van der Waals surface area contributed by atoms with Gasteiger partial charge in [-0.2, -0.15) is 15.3 Å². The van der Waals surface area contributed by atoms with Crippen LogP contribution in [0.2, 0.25) is 5.02 Å². The molecule has 0 saturated carbocycles. The summed E-state index contributed by atoms with van der Waals surface area (Å²) in [6.07, 6.45) is 8.02. The molecule has 0 bridgehead atoms. The van der Waals surface area contributed by atoms with Crippen LogP contribution in [-0.2, 0) is 4.79 Å². The molecule has 4 heterocycles. The van der Waals surface area contributed by atoms with E-state index >= 15 is 0 Å². The summed E-state index contributed by atoms with van der Waals surface area (Å²) in [7, 11) is 0. The van der Waals surface area contributed by atoms with E-state index in [0.29, 0.717) is 18.1 Å². The molecule has 2 aromatic carbocycles. The predicted molar refractivity (Wildman–Crippen MR) is 147 cm³/mol. The number of nitrogens with one attached hydrogen (secondary N) is 1. The average molecular weight is 527 g/mol. The number of aromatic nitrogens is 7. The van der Waals surface area contributed by atoms with Crippen LogP contribution in [0, 0.1) is 13.8 Å². The standard InChI is InChI=1S/C28H27ClN8O/c1-4-24(38)35-11-9-21(10-12-35)37-18(3)25(26-22-14-31-33-23(22)13-17(2)27(26)29)28(34-37)19-5-7-20(8-6-19)36-16-30-15-32-36/h4-8,13-16,21H,1,9-12H2,2-3H3,(H,31,33). The molecular formula is C28H27ClN8O. The number of H-pyrrole nitrogens is 1. The SMILES string of the molecule is C=CC(=O)N1CCC(n2nc(-c3ccc(-n4cncn4)cc3)c(-c3c(Cl)c(C)cc4[nH]ncc34)c2C)CC1. The molecule has 192 valence electrons. The van der Waals surface area contributed by atoms with Gasteiger partial charge in [-0.25, -0.2) is 9.67 Å². The van der Waals surface area contributed by atoms with E-state index in [2.05, 4.69) is 38.5 Å². The van der Waals surface area contributed by atoms with E-state index < -0.39 is 0 Å². The van der Waals surface area contributed by atoms with Crippen LogP contribution in [0.25, 0.3) is 39.0 Å². The normalized spacial score (nSPS) is 14.3. The van der Waals surface area contributed by atoms with Crippen LogP contribution >= 0.6 is 11.6 Å².